The third kappa shape index (κ3) is 3.06. The Morgan fingerprint density at radius 1 is 0.463 bits per heavy atom. The minimum Gasteiger partial charge on any atom is -0.455 e. The van der Waals surface area contributed by atoms with Crippen LogP contribution in [0.1, 0.15) is 23.6 Å². The van der Waals surface area contributed by atoms with E-state index in [1.165, 1.54) is 60.5 Å². The zero-order valence-corrected chi connectivity index (χ0v) is 22.7. The number of fused-ring (bicyclic) bond motifs is 6. The Balaban J connectivity index is 1.31. The second kappa shape index (κ2) is 8.19. The molecule has 7 aromatic carbocycles. The summed E-state index contributed by atoms with van der Waals surface area (Å²) in [5.74, 6) is 1.86. The van der Waals surface area contributed by atoms with Crippen molar-refractivity contribution in [3.8, 4) is 44.9 Å². The normalized spacial score (nSPS) is 16.2. The first-order valence-electron chi connectivity index (χ1n) is 14.3. The SMILES string of the molecule is CC1(c2ccccc2)c2cc(-c3ccc4cccc5c4c3Oc3ccccc3-5)ccc2-c2cc3ccccc3cc21. The van der Waals surface area contributed by atoms with Crippen LogP contribution in [0, 0.1) is 0 Å². The summed E-state index contributed by atoms with van der Waals surface area (Å²) in [7, 11) is 0. The molecule has 0 amide bonds. The summed E-state index contributed by atoms with van der Waals surface area (Å²) in [6, 6.07) is 50.8. The molecule has 1 nitrogen and oxygen atoms in total. The maximum absolute atomic E-state index is 6.71. The molecule has 41 heavy (non-hydrogen) atoms. The monoisotopic (exact) mass is 522 g/mol. The third-order valence-electron chi connectivity index (χ3n) is 9.32. The van der Waals surface area contributed by atoms with E-state index in [0.717, 1.165) is 22.6 Å². The van der Waals surface area contributed by atoms with E-state index in [1.54, 1.807) is 0 Å². The minimum absolute atomic E-state index is 0.279. The van der Waals surface area contributed by atoms with Crippen LogP contribution in [-0.2, 0) is 5.41 Å². The molecule has 0 fully saturated rings. The second-order valence-electron chi connectivity index (χ2n) is 11.4. The van der Waals surface area contributed by atoms with Crippen LogP contribution < -0.4 is 4.74 Å². The topological polar surface area (TPSA) is 9.23 Å². The Hall–Kier alpha value is -5.14. The lowest BCUT2D eigenvalue weighted by Crippen LogP contribution is -2.22. The maximum Gasteiger partial charge on any atom is 0.143 e. The van der Waals surface area contributed by atoms with Gasteiger partial charge in [-0.05, 0) is 92.4 Å². The highest BCUT2D eigenvalue weighted by atomic mass is 16.5. The van der Waals surface area contributed by atoms with Gasteiger partial charge in [-0.3, -0.25) is 0 Å². The lowest BCUT2D eigenvalue weighted by molar-refractivity contribution is 0.489. The van der Waals surface area contributed by atoms with Gasteiger partial charge in [-0.1, -0.05) is 109 Å². The van der Waals surface area contributed by atoms with Crippen molar-refractivity contribution in [1.82, 2.24) is 0 Å². The van der Waals surface area contributed by atoms with Gasteiger partial charge in [-0.15, -0.1) is 0 Å². The van der Waals surface area contributed by atoms with E-state index in [9.17, 15) is 0 Å². The molecule has 9 rings (SSSR count). The summed E-state index contributed by atoms with van der Waals surface area (Å²) in [4.78, 5) is 0. The van der Waals surface area contributed by atoms with Crippen molar-refractivity contribution >= 4 is 21.5 Å². The van der Waals surface area contributed by atoms with Gasteiger partial charge in [0.15, 0.2) is 0 Å². The van der Waals surface area contributed by atoms with E-state index in [4.69, 9.17) is 4.74 Å². The summed E-state index contributed by atoms with van der Waals surface area (Å²) in [6.45, 7) is 2.39. The molecule has 1 heterocycles. The van der Waals surface area contributed by atoms with Crippen LogP contribution >= 0.6 is 0 Å². The summed E-state index contributed by atoms with van der Waals surface area (Å²) < 4.78 is 6.71. The molecule has 0 bridgehead atoms. The summed E-state index contributed by atoms with van der Waals surface area (Å²) in [6.07, 6.45) is 0. The van der Waals surface area contributed by atoms with Crippen molar-refractivity contribution in [2.45, 2.75) is 12.3 Å². The predicted octanol–water partition coefficient (Wildman–Crippen LogP) is 10.8. The lowest BCUT2D eigenvalue weighted by Gasteiger charge is -2.29. The number of ether oxygens (including phenoxy) is 1. The Morgan fingerprint density at radius 2 is 1.15 bits per heavy atom. The van der Waals surface area contributed by atoms with Gasteiger partial charge >= 0.3 is 0 Å². The van der Waals surface area contributed by atoms with E-state index in [2.05, 4.69) is 146 Å². The van der Waals surface area contributed by atoms with Gasteiger partial charge < -0.3 is 4.74 Å². The molecule has 1 aliphatic carbocycles. The average Bonchev–Trinajstić information content (AvgIpc) is 3.28. The van der Waals surface area contributed by atoms with Crippen LogP contribution in [0.4, 0.5) is 0 Å². The second-order valence-corrected chi connectivity index (χ2v) is 11.4. The van der Waals surface area contributed by atoms with Crippen LogP contribution in [0.25, 0.3) is 54.9 Å². The molecule has 0 aromatic heterocycles. The molecule has 0 saturated heterocycles. The Morgan fingerprint density at radius 3 is 2.02 bits per heavy atom. The largest absolute Gasteiger partial charge is 0.455 e. The van der Waals surface area contributed by atoms with Crippen LogP contribution in [0.5, 0.6) is 11.5 Å². The fraction of sp³-hybridized carbons (Fsp3) is 0.0500. The fourth-order valence-corrected chi connectivity index (χ4v) is 7.26. The van der Waals surface area contributed by atoms with Gasteiger partial charge in [-0.25, -0.2) is 0 Å². The first-order chi connectivity index (χ1) is 20.2. The molecule has 1 unspecified atom stereocenters. The van der Waals surface area contributed by atoms with Gasteiger partial charge in [0, 0.05) is 21.9 Å². The fourth-order valence-electron chi connectivity index (χ4n) is 7.26. The highest BCUT2D eigenvalue weighted by Gasteiger charge is 2.41. The standard InChI is InChI=1S/C40H26O/c1-40(29-13-3-2-4-14-29)35-24-28(19-21-31(35)34-22-26-10-5-6-11-27(26)23-36(34)40)30-20-18-25-12-9-16-33-32-15-7-8-17-37(32)41-39(30)38(25)33/h2-24H,1H3. The number of para-hydroxylation sites is 1. The molecule has 0 N–H and O–H groups in total. The molecule has 1 heteroatoms. The number of rotatable bonds is 2. The van der Waals surface area contributed by atoms with Crippen LogP contribution in [0.3, 0.4) is 0 Å². The highest BCUT2D eigenvalue weighted by Crippen LogP contribution is 2.55. The molecule has 1 atom stereocenters. The van der Waals surface area contributed by atoms with Gasteiger partial charge in [0.25, 0.3) is 0 Å². The van der Waals surface area contributed by atoms with Crippen molar-refractivity contribution in [3.63, 3.8) is 0 Å². The van der Waals surface area contributed by atoms with E-state index in [-0.39, 0.29) is 5.41 Å². The zero-order chi connectivity index (χ0) is 27.1. The van der Waals surface area contributed by atoms with Crippen molar-refractivity contribution < 1.29 is 4.74 Å². The van der Waals surface area contributed by atoms with Crippen LogP contribution in [0.2, 0.25) is 0 Å². The number of hydrogen-bond donors (Lipinski definition) is 0. The number of benzene rings is 7. The predicted molar refractivity (Wildman–Crippen MR) is 170 cm³/mol. The number of hydrogen-bond acceptors (Lipinski definition) is 1. The van der Waals surface area contributed by atoms with Gasteiger partial charge in [0.1, 0.15) is 11.5 Å². The zero-order valence-electron chi connectivity index (χ0n) is 22.7. The van der Waals surface area contributed by atoms with Gasteiger partial charge in [0.2, 0.25) is 0 Å². The minimum atomic E-state index is -0.279. The maximum atomic E-state index is 6.71. The van der Waals surface area contributed by atoms with Crippen LogP contribution in [0.15, 0.2) is 140 Å². The molecule has 1 aliphatic heterocycles. The quantitative estimate of drug-likeness (QED) is 0.219. The third-order valence-corrected chi connectivity index (χ3v) is 9.32. The van der Waals surface area contributed by atoms with Crippen molar-refractivity contribution in [1.29, 1.82) is 0 Å². The highest BCUT2D eigenvalue weighted by molar-refractivity contribution is 6.07. The van der Waals surface area contributed by atoms with E-state index < -0.39 is 0 Å². The lowest BCUT2D eigenvalue weighted by atomic mass is 9.73. The van der Waals surface area contributed by atoms with Crippen molar-refractivity contribution in [3.05, 3.63) is 156 Å². The first-order valence-corrected chi connectivity index (χ1v) is 14.3. The molecule has 7 aromatic rings. The van der Waals surface area contributed by atoms with Crippen LogP contribution in [-0.4, -0.2) is 0 Å². The molecule has 0 saturated carbocycles. The molecule has 192 valence electrons. The molecular formula is C40H26O. The molecule has 0 spiro atoms. The first kappa shape index (κ1) is 22.7. The van der Waals surface area contributed by atoms with E-state index in [0.29, 0.717) is 0 Å². The molecule has 2 aliphatic rings. The van der Waals surface area contributed by atoms with Gasteiger partial charge in [0.05, 0.1) is 0 Å². The molecular weight excluding hydrogens is 496 g/mol. The van der Waals surface area contributed by atoms with E-state index >= 15 is 0 Å². The van der Waals surface area contributed by atoms with Crippen molar-refractivity contribution in [2.75, 3.05) is 0 Å². The summed E-state index contributed by atoms with van der Waals surface area (Å²) in [5, 5.41) is 4.94. The Kier molecular flexibility index (Phi) is 4.52. The Bertz CT molecular complexity index is 2190. The smallest absolute Gasteiger partial charge is 0.143 e. The Labute approximate surface area is 239 Å². The van der Waals surface area contributed by atoms with Gasteiger partial charge in [-0.2, -0.15) is 0 Å². The van der Waals surface area contributed by atoms with E-state index in [1.807, 2.05) is 0 Å². The molecule has 0 radical (unpaired) electrons. The van der Waals surface area contributed by atoms with Crippen molar-refractivity contribution in [2.24, 2.45) is 0 Å². The summed E-state index contributed by atoms with van der Waals surface area (Å²) >= 11 is 0. The average molecular weight is 523 g/mol. The summed E-state index contributed by atoms with van der Waals surface area (Å²) in [5.41, 5.74) is 11.0.